The molecule has 0 saturated carbocycles. The molecule has 0 radical (unpaired) electrons. The number of nitrogens with one attached hydrogen (secondary N) is 1. The van der Waals surface area contributed by atoms with E-state index < -0.39 is 5.97 Å². The molecule has 2 N–H and O–H groups in total. The Labute approximate surface area is 193 Å². The monoisotopic (exact) mass is 444 g/mol. The van der Waals surface area contributed by atoms with Crippen LogP contribution in [0, 0.1) is 13.8 Å². The molecule has 1 aliphatic heterocycles. The van der Waals surface area contributed by atoms with Crippen molar-refractivity contribution >= 4 is 29.1 Å². The molecular weight excluding hydrogens is 416 g/mol. The van der Waals surface area contributed by atoms with Crippen LogP contribution in [0.25, 0.3) is 0 Å². The second-order valence-corrected chi connectivity index (χ2v) is 8.55. The van der Waals surface area contributed by atoms with E-state index in [1.54, 1.807) is 12.1 Å². The van der Waals surface area contributed by atoms with Gasteiger partial charge in [0.15, 0.2) is 0 Å². The lowest BCUT2D eigenvalue weighted by Crippen LogP contribution is -2.52. The summed E-state index contributed by atoms with van der Waals surface area (Å²) in [6, 6.07) is 17.2. The fourth-order valence-electron chi connectivity index (χ4n) is 4.18. The summed E-state index contributed by atoms with van der Waals surface area (Å²) in [5, 5.41) is 12.6. The van der Waals surface area contributed by atoms with Gasteiger partial charge in [0, 0.05) is 36.9 Å². The average Bonchev–Trinajstić information content (AvgIpc) is 2.79. The first-order chi connectivity index (χ1) is 15.8. The number of rotatable bonds is 5. The molecule has 1 saturated heterocycles. The van der Waals surface area contributed by atoms with E-state index in [2.05, 4.69) is 53.3 Å². The Morgan fingerprint density at radius 2 is 1.79 bits per heavy atom. The summed E-state index contributed by atoms with van der Waals surface area (Å²) in [6.45, 7) is 8.22. The molecule has 2 aromatic carbocycles. The number of pyridine rings is 1. The number of anilines is 3. The van der Waals surface area contributed by atoms with Gasteiger partial charge < -0.3 is 20.2 Å². The number of hydrogen-bond donors (Lipinski definition) is 2. The summed E-state index contributed by atoms with van der Waals surface area (Å²) in [6.07, 6.45) is 1.52. The molecule has 0 unspecified atom stereocenters. The van der Waals surface area contributed by atoms with Crippen LogP contribution in [-0.4, -0.2) is 47.6 Å². The Morgan fingerprint density at radius 3 is 2.45 bits per heavy atom. The summed E-state index contributed by atoms with van der Waals surface area (Å²) in [5.41, 5.74) is 4.37. The molecule has 7 nitrogen and oxygen atoms in total. The summed E-state index contributed by atoms with van der Waals surface area (Å²) >= 11 is 0. The van der Waals surface area contributed by atoms with Crippen molar-refractivity contribution in [3.05, 3.63) is 83.0 Å². The zero-order valence-corrected chi connectivity index (χ0v) is 19.1. The summed E-state index contributed by atoms with van der Waals surface area (Å²) < 4.78 is 0. The largest absolute Gasteiger partial charge is 0.478 e. The summed E-state index contributed by atoms with van der Waals surface area (Å²) in [4.78, 5) is 33.3. The minimum atomic E-state index is -1.07. The molecule has 0 aliphatic carbocycles. The first-order valence-corrected chi connectivity index (χ1v) is 11.0. The van der Waals surface area contributed by atoms with Crippen LogP contribution >= 0.6 is 0 Å². The minimum Gasteiger partial charge on any atom is -0.478 e. The predicted molar refractivity (Wildman–Crippen MR) is 131 cm³/mol. The van der Waals surface area contributed by atoms with Gasteiger partial charge in [0.2, 0.25) is 0 Å². The molecule has 2 heterocycles. The van der Waals surface area contributed by atoms with Gasteiger partial charge in [-0.1, -0.05) is 29.8 Å². The summed E-state index contributed by atoms with van der Waals surface area (Å²) in [5.74, 6) is -0.953. The molecule has 4 rings (SSSR count). The first kappa shape index (κ1) is 22.3. The van der Waals surface area contributed by atoms with Gasteiger partial charge in [-0.15, -0.1) is 0 Å². The van der Waals surface area contributed by atoms with Crippen molar-refractivity contribution in [2.45, 2.75) is 26.8 Å². The molecule has 7 heteroatoms. The Morgan fingerprint density at radius 1 is 1.03 bits per heavy atom. The third-order valence-corrected chi connectivity index (χ3v) is 5.93. The smallest absolute Gasteiger partial charge is 0.339 e. The molecule has 0 spiro atoms. The number of hydrogen-bond acceptors (Lipinski definition) is 5. The highest BCUT2D eigenvalue weighted by Crippen LogP contribution is 2.27. The Hall–Kier alpha value is -3.87. The van der Waals surface area contributed by atoms with Crippen molar-refractivity contribution in [1.82, 2.24) is 4.98 Å². The number of aromatic nitrogens is 1. The maximum atomic E-state index is 12.5. The molecule has 170 valence electrons. The van der Waals surface area contributed by atoms with Crippen molar-refractivity contribution < 1.29 is 14.7 Å². The molecule has 0 bridgehead atoms. The van der Waals surface area contributed by atoms with E-state index in [0.717, 1.165) is 12.1 Å². The Bertz CT molecular complexity index is 1180. The molecule has 3 aromatic rings. The van der Waals surface area contributed by atoms with Gasteiger partial charge in [-0.3, -0.25) is 4.79 Å². The number of amides is 1. The number of aryl methyl sites for hydroxylation is 2. The molecular formula is C26H28N4O3. The third-order valence-electron chi connectivity index (χ3n) is 5.93. The second kappa shape index (κ2) is 9.32. The number of benzene rings is 2. The Kier molecular flexibility index (Phi) is 6.31. The molecule has 1 amide bonds. The van der Waals surface area contributed by atoms with E-state index >= 15 is 0 Å². The van der Waals surface area contributed by atoms with Gasteiger partial charge in [0.1, 0.15) is 11.4 Å². The maximum Gasteiger partial charge on any atom is 0.339 e. The minimum absolute atomic E-state index is 0.0768. The average molecular weight is 445 g/mol. The fourth-order valence-corrected chi connectivity index (χ4v) is 4.18. The number of carboxylic acids is 1. The van der Waals surface area contributed by atoms with E-state index in [1.807, 2.05) is 24.0 Å². The maximum absolute atomic E-state index is 12.5. The van der Waals surface area contributed by atoms with Crippen molar-refractivity contribution in [2.24, 2.45) is 0 Å². The highest BCUT2D eigenvalue weighted by Gasteiger charge is 2.28. The lowest BCUT2D eigenvalue weighted by molar-refractivity contribution is 0.0696. The van der Waals surface area contributed by atoms with Crippen molar-refractivity contribution in [2.75, 3.05) is 34.8 Å². The number of carbonyl (C=O) groups is 2. The number of nitrogens with zero attached hydrogens (tertiary/aromatic N) is 3. The highest BCUT2D eigenvalue weighted by molar-refractivity contribution is 6.05. The van der Waals surface area contributed by atoms with Crippen LogP contribution in [0.2, 0.25) is 0 Å². The van der Waals surface area contributed by atoms with E-state index in [-0.39, 0.29) is 17.5 Å². The molecule has 33 heavy (non-hydrogen) atoms. The highest BCUT2D eigenvalue weighted by atomic mass is 16.4. The first-order valence-electron chi connectivity index (χ1n) is 11.0. The molecule has 1 atom stereocenters. The van der Waals surface area contributed by atoms with Crippen LogP contribution in [0.4, 0.5) is 17.2 Å². The summed E-state index contributed by atoms with van der Waals surface area (Å²) in [7, 11) is 0. The molecule has 1 fully saturated rings. The van der Waals surface area contributed by atoms with Gasteiger partial charge in [0.05, 0.1) is 11.9 Å². The zero-order valence-electron chi connectivity index (χ0n) is 19.1. The lowest BCUT2D eigenvalue weighted by atomic mass is 10.1. The van der Waals surface area contributed by atoms with E-state index in [1.165, 1.54) is 23.5 Å². The third kappa shape index (κ3) is 4.98. The number of carbonyl (C=O) groups excluding carboxylic acids is 1. The SMILES string of the molecule is Cc1ccc(C(=O)Nc2cnc(N3CCN(c4cccc(C)c4)[C@@H](C)C3)c(C(=O)O)c2)cc1. The van der Waals surface area contributed by atoms with Crippen LogP contribution in [0.1, 0.15) is 38.8 Å². The van der Waals surface area contributed by atoms with Crippen LogP contribution in [0.15, 0.2) is 60.8 Å². The topological polar surface area (TPSA) is 85.8 Å². The van der Waals surface area contributed by atoms with Crippen LogP contribution in [0.3, 0.4) is 0 Å². The van der Waals surface area contributed by atoms with E-state index in [9.17, 15) is 14.7 Å². The number of piperazine rings is 1. The van der Waals surface area contributed by atoms with Gasteiger partial charge in [0.25, 0.3) is 5.91 Å². The van der Waals surface area contributed by atoms with Gasteiger partial charge >= 0.3 is 5.97 Å². The van der Waals surface area contributed by atoms with Crippen LogP contribution < -0.4 is 15.1 Å². The van der Waals surface area contributed by atoms with Crippen LogP contribution in [-0.2, 0) is 0 Å². The Balaban J connectivity index is 1.52. The van der Waals surface area contributed by atoms with E-state index in [4.69, 9.17) is 0 Å². The van der Waals surface area contributed by atoms with Gasteiger partial charge in [-0.05, 0) is 56.7 Å². The fraction of sp³-hybridized carbons (Fsp3) is 0.269. The number of aromatic carboxylic acids is 1. The quantitative estimate of drug-likeness (QED) is 0.608. The van der Waals surface area contributed by atoms with E-state index in [0.29, 0.717) is 30.2 Å². The number of carboxylic acid groups (broad SMARTS) is 1. The van der Waals surface area contributed by atoms with Crippen LogP contribution in [0.5, 0.6) is 0 Å². The molecule has 1 aromatic heterocycles. The van der Waals surface area contributed by atoms with Crippen molar-refractivity contribution in [3.63, 3.8) is 0 Å². The standard InChI is InChI=1S/C26H28N4O3/c1-17-7-9-20(10-8-17)25(31)28-21-14-23(26(32)33)24(27-15-21)29-11-12-30(19(3)16-29)22-6-4-5-18(2)13-22/h4-10,13-15,19H,11-12,16H2,1-3H3,(H,28,31)(H,32,33)/t19-/m0/s1. The molecule has 1 aliphatic rings. The second-order valence-electron chi connectivity index (χ2n) is 8.55. The van der Waals surface area contributed by atoms with Crippen molar-refractivity contribution in [3.8, 4) is 0 Å². The normalized spacial score (nSPS) is 15.9. The van der Waals surface area contributed by atoms with Gasteiger partial charge in [-0.25, -0.2) is 9.78 Å². The van der Waals surface area contributed by atoms with Crippen molar-refractivity contribution in [1.29, 1.82) is 0 Å². The van der Waals surface area contributed by atoms with Gasteiger partial charge in [-0.2, -0.15) is 0 Å². The lowest BCUT2D eigenvalue weighted by Gasteiger charge is -2.42. The predicted octanol–water partition coefficient (Wildman–Crippen LogP) is 4.36. The zero-order chi connectivity index (χ0) is 23.5.